The van der Waals surface area contributed by atoms with Gasteiger partial charge in [0.1, 0.15) is 5.75 Å². The zero-order chi connectivity index (χ0) is 20.5. The van der Waals surface area contributed by atoms with Gasteiger partial charge in [0.05, 0.1) is 11.1 Å². The summed E-state index contributed by atoms with van der Waals surface area (Å²) in [7, 11) is 0. The first kappa shape index (κ1) is 19.8. The quantitative estimate of drug-likeness (QED) is 0.677. The maximum atomic E-state index is 12.9. The Morgan fingerprint density at radius 2 is 1.57 bits per heavy atom. The van der Waals surface area contributed by atoms with Gasteiger partial charge in [-0.05, 0) is 36.2 Å². The number of rotatable bonds is 2. The minimum atomic E-state index is -5.00. The van der Waals surface area contributed by atoms with Crippen LogP contribution in [0.1, 0.15) is 23.1 Å². The van der Waals surface area contributed by atoms with Crippen molar-refractivity contribution >= 4 is 11.7 Å². The van der Waals surface area contributed by atoms with E-state index in [4.69, 9.17) is 4.74 Å². The summed E-state index contributed by atoms with van der Waals surface area (Å²) in [5.41, 5.74) is -2.72. The predicted molar refractivity (Wildman–Crippen MR) is 87.8 cm³/mol. The fourth-order valence-electron chi connectivity index (χ4n) is 2.77. The number of carbonyl (C=O) groups excluding carboxylic acids is 1. The van der Waals surface area contributed by atoms with Gasteiger partial charge in [-0.2, -0.15) is 26.3 Å². The third-order valence-electron chi connectivity index (χ3n) is 4.06. The molecule has 0 aromatic heterocycles. The summed E-state index contributed by atoms with van der Waals surface area (Å²) < 4.78 is 82.8. The topological polar surface area (TPSA) is 50.4 Å². The van der Waals surface area contributed by atoms with Crippen molar-refractivity contribution in [3.8, 4) is 5.75 Å². The summed E-state index contributed by atoms with van der Waals surface area (Å²) in [6, 6.07) is 7.01. The number of hydrogen-bond acceptors (Lipinski definition) is 2. The van der Waals surface area contributed by atoms with E-state index in [0.29, 0.717) is 30.7 Å². The Morgan fingerprint density at radius 1 is 0.964 bits per heavy atom. The summed E-state index contributed by atoms with van der Waals surface area (Å²) in [6.45, 7) is 0. The Hall–Kier alpha value is -2.91. The molecule has 1 atom stereocenters. The van der Waals surface area contributed by atoms with Crippen LogP contribution < -0.4 is 15.4 Å². The molecule has 0 aliphatic carbocycles. The standard InChI is InChI=1S/C18H14F6N2O2/c19-17(20,21)11-7-12(18(22,23)24)9-13(8-11)25-16(27)26-15-6-5-10-3-1-2-4-14(10)28-15/h1-4,7-9,15H,5-6H2,(H2,25,26,27). The SMILES string of the molecule is O=C(Nc1cc(C(F)(F)F)cc(C(F)(F)F)c1)NC1CCc2ccccc2O1. The predicted octanol–water partition coefficient (Wildman–Crippen LogP) is 5.20. The molecule has 0 bridgehead atoms. The van der Waals surface area contributed by atoms with Crippen molar-refractivity contribution in [3.63, 3.8) is 0 Å². The first-order valence-corrected chi connectivity index (χ1v) is 8.14. The average Bonchev–Trinajstić information content (AvgIpc) is 2.59. The van der Waals surface area contributed by atoms with Crippen molar-refractivity contribution in [1.82, 2.24) is 5.32 Å². The zero-order valence-corrected chi connectivity index (χ0v) is 14.1. The van der Waals surface area contributed by atoms with Crippen LogP contribution in [-0.4, -0.2) is 12.3 Å². The van der Waals surface area contributed by atoms with Crippen molar-refractivity contribution < 1.29 is 35.9 Å². The van der Waals surface area contributed by atoms with Crippen LogP contribution >= 0.6 is 0 Å². The second-order valence-electron chi connectivity index (χ2n) is 6.15. The number of fused-ring (bicyclic) bond motifs is 1. The van der Waals surface area contributed by atoms with Crippen LogP contribution in [0.5, 0.6) is 5.75 Å². The van der Waals surface area contributed by atoms with Crippen molar-refractivity contribution in [1.29, 1.82) is 0 Å². The van der Waals surface area contributed by atoms with Gasteiger partial charge >= 0.3 is 18.4 Å². The van der Waals surface area contributed by atoms with Crippen LogP contribution in [0.2, 0.25) is 0 Å². The molecule has 2 amide bonds. The van der Waals surface area contributed by atoms with Gasteiger partial charge in [0.25, 0.3) is 0 Å². The summed E-state index contributed by atoms with van der Waals surface area (Å²) in [4.78, 5) is 12.0. The van der Waals surface area contributed by atoms with E-state index in [-0.39, 0.29) is 6.07 Å². The molecule has 28 heavy (non-hydrogen) atoms. The first-order chi connectivity index (χ1) is 13.0. The van der Waals surface area contributed by atoms with Crippen molar-refractivity contribution in [3.05, 3.63) is 59.2 Å². The smallest absolute Gasteiger partial charge is 0.416 e. The molecule has 2 N–H and O–H groups in total. The molecule has 0 radical (unpaired) electrons. The van der Waals surface area contributed by atoms with Gasteiger partial charge in [-0.15, -0.1) is 0 Å². The average molecular weight is 404 g/mol. The summed E-state index contributed by atoms with van der Waals surface area (Å²) >= 11 is 0. The summed E-state index contributed by atoms with van der Waals surface area (Å²) in [6.07, 6.45) is -9.75. The lowest BCUT2D eigenvalue weighted by Crippen LogP contribution is -2.43. The Kier molecular flexibility index (Phi) is 5.14. The number of urea groups is 1. The number of ether oxygens (including phenoxy) is 1. The molecule has 4 nitrogen and oxygen atoms in total. The molecule has 0 saturated heterocycles. The maximum absolute atomic E-state index is 12.9. The number of amides is 2. The molecule has 1 aliphatic rings. The highest BCUT2D eigenvalue weighted by Crippen LogP contribution is 2.37. The molecule has 1 aliphatic heterocycles. The third-order valence-corrected chi connectivity index (χ3v) is 4.06. The van der Waals surface area contributed by atoms with E-state index in [1.165, 1.54) is 0 Å². The van der Waals surface area contributed by atoms with Crippen LogP contribution in [-0.2, 0) is 18.8 Å². The minimum Gasteiger partial charge on any atom is -0.470 e. The van der Waals surface area contributed by atoms with Gasteiger partial charge in [-0.25, -0.2) is 4.79 Å². The number of anilines is 1. The minimum absolute atomic E-state index is 0.00966. The highest BCUT2D eigenvalue weighted by molar-refractivity contribution is 5.89. The molecule has 3 rings (SSSR count). The molecular formula is C18H14F6N2O2. The van der Waals surface area contributed by atoms with Crippen molar-refractivity contribution in [2.24, 2.45) is 0 Å². The number of alkyl halides is 6. The lowest BCUT2D eigenvalue weighted by Gasteiger charge is -2.26. The summed E-state index contributed by atoms with van der Waals surface area (Å²) in [5, 5.41) is 4.40. The molecule has 2 aromatic carbocycles. The molecule has 0 spiro atoms. The second kappa shape index (κ2) is 7.25. The highest BCUT2D eigenvalue weighted by atomic mass is 19.4. The molecule has 0 fully saturated rings. The van der Waals surface area contributed by atoms with Gasteiger partial charge in [0.15, 0.2) is 6.23 Å². The van der Waals surface area contributed by atoms with Crippen LogP contribution in [0.4, 0.5) is 36.8 Å². The lowest BCUT2D eigenvalue weighted by molar-refractivity contribution is -0.143. The Labute approximate surface area is 155 Å². The van der Waals surface area contributed by atoms with Gasteiger partial charge in [-0.1, -0.05) is 18.2 Å². The highest BCUT2D eigenvalue weighted by Gasteiger charge is 2.37. The first-order valence-electron chi connectivity index (χ1n) is 8.14. The van der Waals surface area contributed by atoms with Crippen LogP contribution in [0.25, 0.3) is 0 Å². The second-order valence-corrected chi connectivity index (χ2v) is 6.15. The molecule has 1 unspecified atom stereocenters. The Bertz CT molecular complexity index is 847. The van der Waals surface area contributed by atoms with Gasteiger partial charge in [-0.3, -0.25) is 0 Å². The van der Waals surface area contributed by atoms with Crippen LogP contribution in [0.15, 0.2) is 42.5 Å². The lowest BCUT2D eigenvalue weighted by atomic mass is 10.1. The number of halogens is 6. The number of para-hydroxylation sites is 1. The third kappa shape index (κ3) is 4.68. The van der Waals surface area contributed by atoms with E-state index < -0.39 is 41.4 Å². The van der Waals surface area contributed by atoms with E-state index in [0.717, 1.165) is 5.56 Å². The van der Waals surface area contributed by atoms with Crippen LogP contribution in [0, 0.1) is 0 Å². The van der Waals surface area contributed by atoms with E-state index in [1.807, 2.05) is 17.4 Å². The van der Waals surface area contributed by atoms with E-state index in [2.05, 4.69) is 5.32 Å². The van der Waals surface area contributed by atoms with Crippen molar-refractivity contribution in [2.45, 2.75) is 31.4 Å². The fourth-order valence-corrected chi connectivity index (χ4v) is 2.77. The molecule has 0 saturated carbocycles. The Balaban J connectivity index is 1.73. The van der Waals surface area contributed by atoms with E-state index in [9.17, 15) is 31.1 Å². The molecular weight excluding hydrogens is 390 g/mol. The number of aryl methyl sites for hydroxylation is 1. The summed E-state index contributed by atoms with van der Waals surface area (Å²) in [5.74, 6) is 0.553. The van der Waals surface area contributed by atoms with Gasteiger partial charge in [0.2, 0.25) is 0 Å². The Morgan fingerprint density at radius 3 is 2.18 bits per heavy atom. The van der Waals surface area contributed by atoms with Crippen LogP contribution in [0.3, 0.4) is 0 Å². The normalized spacial score (nSPS) is 16.7. The molecule has 2 aromatic rings. The maximum Gasteiger partial charge on any atom is 0.416 e. The van der Waals surface area contributed by atoms with E-state index >= 15 is 0 Å². The molecule has 150 valence electrons. The number of nitrogens with one attached hydrogen (secondary N) is 2. The fraction of sp³-hybridized carbons (Fsp3) is 0.278. The van der Waals surface area contributed by atoms with Crippen molar-refractivity contribution in [2.75, 3.05) is 5.32 Å². The van der Waals surface area contributed by atoms with Gasteiger partial charge in [0, 0.05) is 12.1 Å². The van der Waals surface area contributed by atoms with Gasteiger partial charge < -0.3 is 15.4 Å². The number of hydrogen-bond donors (Lipinski definition) is 2. The largest absolute Gasteiger partial charge is 0.470 e. The molecule has 1 heterocycles. The number of benzene rings is 2. The number of carbonyl (C=O) groups is 1. The zero-order valence-electron chi connectivity index (χ0n) is 14.1. The monoisotopic (exact) mass is 404 g/mol. The molecule has 10 heteroatoms. The van der Waals surface area contributed by atoms with E-state index in [1.54, 1.807) is 12.1 Å².